The molecule has 3 amide bonds. The molecule has 5 N–H and O–H groups in total. The van der Waals surface area contributed by atoms with Gasteiger partial charge in [-0.3, -0.25) is 19.8 Å². The molecule has 1 fully saturated rings. The van der Waals surface area contributed by atoms with Crippen molar-refractivity contribution in [2.45, 2.75) is 45.1 Å². The van der Waals surface area contributed by atoms with Gasteiger partial charge in [0, 0.05) is 12.3 Å². The number of amides is 3. The number of nitrogens with one attached hydrogen (secondary N) is 3. The number of primary amides is 1. The van der Waals surface area contributed by atoms with Crippen LogP contribution in [0.25, 0.3) is 0 Å². The number of ether oxygens (including phenoxy) is 1. The molecule has 2 aliphatic rings. The molecule has 0 bridgehead atoms. The predicted octanol–water partition coefficient (Wildman–Crippen LogP) is 1.90. The van der Waals surface area contributed by atoms with E-state index in [0.717, 1.165) is 12.8 Å². The van der Waals surface area contributed by atoms with Gasteiger partial charge in [-0.25, -0.2) is 4.39 Å². The quantitative estimate of drug-likeness (QED) is 0.289. The number of benzene rings is 1. The van der Waals surface area contributed by atoms with E-state index in [2.05, 4.69) is 10.6 Å². The van der Waals surface area contributed by atoms with Gasteiger partial charge in [-0.05, 0) is 48.8 Å². The molecule has 34 heavy (non-hydrogen) atoms. The number of carbonyl (C=O) groups excluding carboxylic acids is 3. The number of nitrogens with two attached hydrogens (primary N) is 1. The van der Waals surface area contributed by atoms with E-state index in [1.54, 1.807) is 12.1 Å². The highest BCUT2D eigenvalue weighted by Crippen LogP contribution is 2.43. The Kier molecular flexibility index (Phi) is 8.04. The van der Waals surface area contributed by atoms with Crippen LogP contribution in [0.4, 0.5) is 4.39 Å². The van der Waals surface area contributed by atoms with Crippen LogP contribution in [-0.2, 0) is 14.4 Å². The lowest BCUT2D eigenvalue weighted by atomic mass is 10.0. The molecule has 3 rings (SSSR count). The first-order chi connectivity index (χ1) is 16.2. The van der Waals surface area contributed by atoms with Gasteiger partial charge in [-0.15, -0.1) is 0 Å². The Balaban J connectivity index is 1.65. The lowest BCUT2D eigenvalue weighted by molar-refractivity contribution is -0.135. The van der Waals surface area contributed by atoms with Crippen molar-refractivity contribution in [1.82, 2.24) is 15.5 Å². The fourth-order valence-corrected chi connectivity index (χ4v) is 3.68. The number of rotatable bonds is 11. The van der Waals surface area contributed by atoms with E-state index in [9.17, 15) is 18.8 Å². The zero-order valence-corrected chi connectivity index (χ0v) is 19.3. The van der Waals surface area contributed by atoms with Crippen molar-refractivity contribution in [3.63, 3.8) is 0 Å². The van der Waals surface area contributed by atoms with Gasteiger partial charge in [0.15, 0.2) is 11.6 Å². The van der Waals surface area contributed by atoms with E-state index in [1.807, 2.05) is 13.8 Å². The van der Waals surface area contributed by atoms with Crippen molar-refractivity contribution in [1.29, 1.82) is 5.41 Å². The Morgan fingerprint density at radius 3 is 2.74 bits per heavy atom. The molecule has 1 aliphatic heterocycles. The zero-order chi connectivity index (χ0) is 24.8. The summed E-state index contributed by atoms with van der Waals surface area (Å²) in [7, 11) is 0. The third kappa shape index (κ3) is 6.66. The number of halogens is 1. The smallest absolute Gasteiger partial charge is 0.251 e. The minimum atomic E-state index is -0.847. The van der Waals surface area contributed by atoms with E-state index >= 15 is 0 Å². The molecule has 10 heteroatoms. The largest absolute Gasteiger partial charge is 0.457 e. The third-order valence-electron chi connectivity index (χ3n) is 5.42. The maximum Gasteiger partial charge on any atom is 0.251 e. The zero-order valence-electron chi connectivity index (χ0n) is 19.3. The Morgan fingerprint density at radius 1 is 1.35 bits per heavy atom. The maximum atomic E-state index is 14.8. The van der Waals surface area contributed by atoms with Crippen molar-refractivity contribution in [3.05, 3.63) is 53.7 Å². The molecule has 1 atom stereocenters. The van der Waals surface area contributed by atoms with E-state index in [0.29, 0.717) is 12.0 Å². The second-order valence-electron chi connectivity index (χ2n) is 8.84. The fourth-order valence-electron chi connectivity index (χ4n) is 3.68. The molecule has 0 unspecified atom stereocenters. The summed E-state index contributed by atoms with van der Waals surface area (Å²) in [5, 5.41) is 13.0. The lowest BCUT2D eigenvalue weighted by Gasteiger charge is -2.28. The molecule has 0 saturated heterocycles. The monoisotopic (exact) mass is 471 g/mol. The standard InChI is InChI=1S/C24H30FN5O4/c1-14(2)10-18(24(33)29-20(26)8-9-28-12-21(27)31)30-13-16(11-22(30)32)34-19-5-3-4-17(23(19)25)15-6-7-15/h3-5,8-9,11,14-15,18,28H,6-7,10,12-13H2,1-2H3,(H2,27,31)(H2,26,29,33)/b9-8-/t18-/m0/s1. The van der Waals surface area contributed by atoms with Gasteiger partial charge in [0.25, 0.3) is 5.91 Å². The van der Waals surface area contributed by atoms with Crippen LogP contribution >= 0.6 is 0 Å². The van der Waals surface area contributed by atoms with Crippen LogP contribution in [0, 0.1) is 17.1 Å². The van der Waals surface area contributed by atoms with Crippen LogP contribution < -0.4 is 21.1 Å². The van der Waals surface area contributed by atoms with E-state index < -0.39 is 29.6 Å². The molecule has 0 radical (unpaired) electrons. The summed E-state index contributed by atoms with van der Waals surface area (Å²) >= 11 is 0. The summed E-state index contributed by atoms with van der Waals surface area (Å²) in [6, 6.07) is 4.15. The summed E-state index contributed by atoms with van der Waals surface area (Å²) in [5.74, 6) is -1.52. The molecular weight excluding hydrogens is 441 g/mol. The minimum absolute atomic E-state index is 0.0140. The molecule has 9 nitrogen and oxygen atoms in total. The summed E-state index contributed by atoms with van der Waals surface area (Å²) in [6.45, 7) is 3.75. The van der Waals surface area contributed by atoms with Gasteiger partial charge >= 0.3 is 0 Å². The van der Waals surface area contributed by atoms with Crippen molar-refractivity contribution >= 4 is 23.6 Å². The second kappa shape index (κ2) is 11.0. The summed E-state index contributed by atoms with van der Waals surface area (Å²) < 4.78 is 20.5. The first-order valence-corrected chi connectivity index (χ1v) is 11.2. The average Bonchev–Trinajstić information content (AvgIpc) is 3.53. The van der Waals surface area contributed by atoms with Crippen LogP contribution in [0.3, 0.4) is 0 Å². The van der Waals surface area contributed by atoms with E-state index in [-0.39, 0.29) is 42.3 Å². The maximum absolute atomic E-state index is 14.8. The number of hydrogen-bond acceptors (Lipinski definition) is 6. The average molecular weight is 472 g/mol. The lowest BCUT2D eigenvalue weighted by Crippen LogP contribution is -2.49. The van der Waals surface area contributed by atoms with Gasteiger partial charge in [0.2, 0.25) is 11.8 Å². The molecule has 0 aromatic heterocycles. The van der Waals surface area contributed by atoms with Crippen molar-refractivity contribution in [3.8, 4) is 5.75 Å². The highest BCUT2D eigenvalue weighted by atomic mass is 19.1. The van der Waals surface area contributed by atoms with Gasteiger partial charge in [-0.1, -0.05) is 26.0 Å². The van der Waals surface area contributed by atoms with Crippen LogP contribution in [0.15, 0.2) is 42.3 Å². The Labute approximate surface area is 197 Å². The van der Waals surface area contributed by atoms with Crippen LogP contribution in [0.5, 0.6) is 5.75 Å². The van der Waals surface area contributed by atoms with Gasteiger partial charge in [0.05, 0.1) is 13.1 Å². The third-order valence-corrected chi connectivity index (χ3v) is 5.42. The Bertz CT molecular complexity index is 1030. The molecule has 1 aliphatic carbocycles. The first kappa shape index (κ1) is 24.9. The molecular formula is C24H30FN5O4. The van der Waals surface area contributed by atoms with E-state index in [1.165, 1.54) is 29.3 Å². The fraction of sp³-hybridized carbons (Fsp3) is 0.417. The first-order valence-electron chi connectivity index (χ1n) is 11.2. The van der Waals surface area contributed by atoms with Crippen LogP contribution in [0.1, 0.15) is 44.6 Å². The molecule has 1 saturated carbocycles. The van der Waals surface area contributed by atoms with Crippen molar-refractivity contribution in [2.24, 2.45) is 11.7 Å². The van der Waals surface area contributed by atoms with Crippen LogP contribution in [0.2, 0.25) is 0 Å². The molecule has 1 aromatic rings. The molecule has 182 valence electrons. The highest BCUT2D eigenvalue weighted by molar-refractivity contribution is 6.05. The topological polar surface area (TPSA) is 138 Å². The Morgan fingerprint density at radius 2 is 2.09 bits per heavy atom. The molecule has 1 aromatic carbocycles. The number of carbonyl (C=O) groups is 3. The van der Waals surface area contributed by atoms with E-state index in [4.69, 9.17) is 15.9 Å². The van der Waals surface area contributed by atoms with Crippen molar-refractivity contribution in [2.75, 3.05) is 13.1 Å². The summed E-state index contributed by atoms with van der Waals surface area (Å²) in [6.07, 6.45) is 6.12. The number of hydrogen-bond donors (Lipinski definition) is 4. The Hall–Kier alpha value is -3.69. The summed E-state index contributed by atoms with van der Waals surface area (Å²) in [4.78, 5) is 37.7. The second-order valence-corrected chi connectivity index (χ2v) is 8.84. The summed E-state index contributed by atoms with van der Waals surface area (Å²) in [5.41, 5.74) is 5.64. The minimum Gasteiger partial charge on any atom is -0.457 e. The molecule has 0 spiro atoms. The normalized spacial score (nSPS) is 16.5. The number of nitrogens with zero attached hydrogens (tertiary/aromatic N) is 1. The van der Waals surface area contributed by atoms with Gasteiger partial charge in [-0.2, -0.15) is 0 Å². The predicted molar refractivity (Wildman–Crippen MR) is 124 cm³/mol. The number of amidine groups is 1. The van der Waals surface area contributed by atoms with Crippen LogP contribution in [-0.4, -0.2) is 47.6 Å². The highest BCUT2D eigenvalue weighted by Gasteiger charge is 2.35. The van der Waals surface area contributed by atoms with Gasteiger partial charge < -0.3 is 26.0 Å². The van der Waals surface area contributed by atoms with Crippen molar-refractivity contribution < 1.29 is 23.5 Å². The SMILES string of the molecule is CC(C)C[C@@H](C(=O)NC(=N)/C=C\NCC(N)=O)N1CC(Oc2cccc(C3CC3)c2F)=CC1=O. The molecule has 1 heterocycles. The van der Waals surface area contributed by atoms with Gasteiger partial charge in [0.1, 0.15) is 17.6 Å².